The van der Waals surface area contributed by atoms with Crippen LogP contribution in [0.1, 0.15) is 13.8 Å². The fourth-order valence-corrected chi connectivity index (χ4v) is 2.54. The molecule has 0 bridgehead atoms. The van der Waals surface area contributed by atoms with Crippen LogP contribution in [0, 0.1) is 5.92 Å². The van der Waals surface area contributed by atoms with Crippen LogP contribution in [-0.4, -0.2) is 36.3 Å². The highest BCUT2D eigenvalue weighted by atomic mass is 32.2. The largest absolute Gasteiger partial charge is 0.292 e. The zero-order valence-corrected chi connectivity index (χ0v) is 10.9. The van der Waals surface area contributed by atoms with Gasteiger partial charge in [-0.2, -0.15) is 0 Å². The van der Waals surface area contributed by atoms with E-state index >= 15 is 0 Å². The number of hydrogen-bond donors (Lipinski definition) is 2. The lowest BCUT2D eigenvalue weighted by molar-refractivity contribution is 0.417. The van der Waals surface area contributed by atoms with Crippen LogP contribution < -0.4 is 11.3 Å². The summed E-state index contributed by atoms with van der Waals surface area (Å²) in [4.78, 5) is 7.60. The minimum Gasteiger partial charge on any atom is -0.292 e. The molecule has 0 saturated heterocycles. The summed E-state index contributed by atoms with van der Waals surface area (Å²) >= 11 is 0. The number of aromatic nitrogens is 2. The summed E-state index contributed by atoms with van der Waals surface area (Å²) in [5.74, 6) is 5.53. The molecule has 1 aromatic rings. The second-order valence-corrected chi connectivity index (χ2v) is 6.11. The van der Waals surface area contributed by atoms with Crippen LogP contribution in [0.5, 0.6) is 0 Å². The molecule has 0 aromatic carbocycles. The lowest BCUT2D eigenvalue weighted by atomic mass is 10.2. The maximum Gasteiger partial charge on any atom is 0.245 e. The summed E-state index contributed by atoms with van der Waals surface area (Å²) in [6.45, 7) is 4.34. The van der Waals surface area contributed by atoms with E-state index in [1.807, 2.05) is 13.8 Å². The first-order chi connectivity index (χ1) is 7.87. The topological polar surface area (TPSA) is 101 Å². The summed E-state index contributed by atoms with van der Waals surface area (Å²) in [6, 6.07) is 0. The van der Waals surface area contributed by atoms with Crippen LogP contribution in [0.3, 0.4) is 0 Å². The molecular formula is C9H17N5O2S. The average Bonchev–Trinajstić information content (AvgIpc) is 2.28. The van der Waals surface area contributed by atoms with Gasteiger partial charge >= 0.3 is 0 Å². The van der Waals surface area contributed by atoms with Crippen LogP contribution in [0.15, 0.2) is 17.3 Å². The van der Waals surface area contributed by atoms with Gasteiger partial charge in [0.15, 0.2) is 0 Å². The third-order valence-corrected chi connectivity index (χ3v) is 3.86. The Hall–Kier alpha value is -1.25. The molecule has 0 saturated carbocycles. The van der Waals surface area contributed by atoms with E-state index in [0.717, 1.165) is 0 Å². The Bertz CT molecular complexity index is 457. The normalized spacial score (nSPS) is 12.1. The Morgan fingerprint density at radius 2 is 1.94 bits per heavy atom. The van der Waals surface area contributed by atoms with Crippen LogP contribution in [0.4, 0.5) is 5.95 Å². The molecule has 0 spiro atoms. The highest BCUT2D eigenvalue weighted by Crippen LogP contribution is 2.14. The number of anilines is 1. The predicted octanol–water partition coefficient (Wildman–Crippen LogP) is 0.0387. The SMILES string of the molecule is CC(C)CN(C)S(=O)(=O)c1cnc(NN)nc1. The van der Waals surface area contributed by atoms with Gasteiger partial charge in [0.05, 0.1) is 12.4 Å². The zero-order chi connectivity index (χ0) is 13.1. The Labute approximate surface area is 101 Å². The van der Waals surface area contributed by atoms with Crippen LogP contribution in [0.25, 0.3) is 0 Å². The first-order valence-corrected chi connectivity index (χ1v) is 6.57. The molecule has 0 aliphatic rings. The summed E-state index contributed by atoms with van der Waals surface area (Å²) < 4.78 is 25.4. The van der Waals surface area contributed by atoms with Crippen molar-refractivity contribution in [3.8, 4) is 0 Å². The van der Waals surface area contributed by atoms with Crippen molar-refractivity contribution in [1.82, 2.24) is 14.3 Å². The van der Waals surface area contributed by atoms with E-state index in [0.29, 0.717) is 6.54 Å². The smallest absolute Gasteiger partial charge is 0.245 e. The summed E-state index contributed by atoms with van der Waals surface area (Å²) in [5.41, 5.74) is 2.24. The van der Waals surface area contributed by atoms with E-state index in [-0.39, 0.29) is 16.8 Å². The highest BCUT2D eigenvalue weighted by Gasteiger charge is 2.22. The maximum absolute atomic E-state index is 12.1. The van der Waals surface area contributed by atoms with E-state index in [9.17, 15) is 8.42 Å². The molecule has 0 fully saturated rings. The summed E-state index contributed by atoms with van der Waals surface area (Å²) in [7, 11) is -1.99. The number of rotatable bonds is 5. The molecule has 0 unspecified atom stereocenters. The summed E-state index contributed by atoms with van der Waals surface area (Å²) in [6.07, 6.45) is 2.46. The Morgan fingerprint density at radius 3 is 2.35 bits per heavy atom. The standard InChI is InChI=1S/C9H17N5O2S/c1-7(2)6-14(3)17(15,16)8-4-11-9(13-10)12-5-8/h4-5,7H,6,10H2,1-3H3,(H,11,12,13). The molecule has 0 radical (unpaired) electrons. The molecule has 7 nitrogen and oxygen atoms in total. The highest BCUT2D eigenvalue weighted by molar-refractivity contribution is 7.89. The van der Waals surface area contributed by atoms with E-state index in [2.05, 4.69) is 15.4 Å². The molecule has 1 heterocycles. The third-order valence-electron chi connectivity index (χ3n) is 2.09. The third kappa shape index (κ3) is 3.35. The van der Waals surface area contributed by atoms with Gasteiger partial charge in [-0.25, -0.2) is 28.5 Å². The van der Waals surface area contributed by atoms with Gasteiger partial charge in [0.1, 0.15) is 4.90 Å². The minimum absolute atomic E-state index is 0.0552. The van der Waals surface area contributed by atoms with Gasteiger partial charge < -0.3 is 0 Å². The number of sulfonamides is 1. The number of hydrogen-bond acceptors (Lipinski definition) is 6. The number of hydrazine groups is 1. The maximum atomic E-state index is 12.1. The quantitative estimate of drug-likeness (QED) is 0.572. The first-order valence-electron chi connectivity index (χ1n) is 5.13. The van der Waals surface area contributed by atoms with E-state index < -0.39 is 10.0 Å². The molecule has 0 atom stereocenters. The monoisotopic (exact) mass is 259 g/mol. The molecule has 0 aliphatic heterocycles. The van der Waals surface area contributed by atoms with Gasteiger partial charge in [-0.05, 0) is 5.92 Å². The molecule has 17 heavy (non-hydrogen) atoms. The van der Waals surface area contributed by atoms with Crippen molar-refractivity contribution >= 4 is 16.0 Å². The predicted molar refractivity (Wildman–Crippen MR) is 64.5 cm³/mol. The van der Waals surface area contributed by atoms with Crippen molar-refractivity contribution in [2.75, 3.05) is 19.0 Å². The first kappa shape index (κ1) is 13.8. The fourth-order valence-electron chi connectivity index (χ4n) is 1.32. The van der Waals surface area contributed by atoms with Gasteiger partial charge in [0.2, 0.25) is 16.0 Å². The van der Waals surface area contributed by atoms with Crippen LogP contribution in [0.2, 0.25) is 0 Å². The number of nitrogens with zero attached hydrogens (tertiary/aromatic N) is 3. The Morgan fingerprint density at radius 1 is 1.41 bits per heavy atom. The zero-order valence-electron chi connectivity index (χ0n) is 10.1. The van der Waals surface area contributed by atoms with Crippen molar-refractivity contribution in [2.45, 2.75) is 18.7 Å². The van der Waals surface area contributed by atoms with Crippen molar-refractivity contribution < 1.29 is 8.42 Å². The molecule has 8 heteroatoms. The number of nitrogens with two attached hydrogens (primary N) is 1. The number of nitrogens with one attached hydrogen (secondary N) is 1. The lowest BCUT2D eigenvalue weighted by Gasteiger charge is -2.18. The second-order valence-electron chi connectivity index (χ2n) is 4.07. The Balaban J connectivity index is 2.96. The molecule has 3 N–H and O–H groups in total. The molecule has 0 amide bonds. The molecule has 1 rings (SSSR count). The fraction of sp³-hybridized carbons (Fsp3) is 0.556. The van der Waals surface area contributed by atoms with Crippen LogP contribution >= 0.6 is 0 Å². The minimum atomic E-state index is -3.52. The molecule has 1 aromatic heterocycles. The van der Waals surface area contributed by atoms with Gasteiger partial charge in [0, 0.05) is 13.6 Å². The van der Waals surface area contributed by atoms with Crippen molar-refractivity contribution in [3.63, 3.8) is 0 Å². The van der Waals surface area contributed by atoms with Crippen molar-refractivity contribution in [3.05, 3.63) is 12.4 Å². The van der Waals surface area contributed by atoms with Gasteiger partial charge in [-0.3, -0.25) is 5.43 Å². The molecule has 96 valence electrons. The van der Waals surface area contributed by atoms with Gasteiger partial charge in [0.25, 0.3) is 0 Å². The van der Waals surface area contributed by atoms with Crippen LogP contribution in [-0.2, 0) is 10.0 Å². The van der Waals surface area contributed by atoms with Gasteiger partial charge in [-0.15, -0.1) is 0 Å². The second kappa shape index (κ2) is 5.39. The van der Waals surface area contributed by atoms with Crippen molar-refractivity contribution in [1.29, 1.82) is 0 Å². The van der Waals surface area contributed by atoms with Gasteiger partial charge in [-0.1, -0.05) is 13.8 Å². The van der Waals surface area contributed by atoms with E-state index in [1.165, 1.54) is 23.7 Å². The number of nitrogen functional groups attached to an aromatic ring is 1. The molecule has 0 aliphatic carbocycles. The Kier molecular flexibility index (Phi) is 4.38. The van der Waals surface area contributed by atoms with E-state index in [4.69, 9.17) is 5.84 Å². The average molecular weight is 259 g/mol. The van der Waals surface area contributed by atoms with Crippen molar-refractivity contribution in [2.24, 2.45) is 11.8 Å². The lowest BCUT2D eigenvalue weighted by Crippen LogP contribution is -2.30. The van der Waals surface area contributed by atoms with E-state index in [1.54, 1.807) is 0 Å². The molecular weight excluding hydrogens is 242 g/mol. The summed E-state index contributed by atoms with van der Waals surface area (Å²) in [5, 5.41) is 0.